The number of aryl methyl sites for hydroxylation is 1. The van der Waals surface area contributed by atoms with Crippen molar-refractivity contribution >= 4 is 17.8 Å². The second-order valence-electron chi connectivity index (χ2n) is 8.99. The van der Waals surface area contributed by atoms with Crippen molar-refractivity contribution in [3.63, 3.8) is 0 Å². The van der Waals surface area contributed by atoms with E-state index < -0.39 is 12.0 Å². The number of esters is 1. The third kappa shape index (κ3) is 6.34. The van der Waals surface area contributed by atoms with E-state index in [1.54, 1.807) is 0 Å². The lowest BCUT2D eigenvalue weighted by molar-refractivity contribution is -0.150. The maximum Gasteiger partial charge on any atom is 0.306 e. The van der Waals surface area contributed by atoms with E-state index in [0.717, 1.165) is 24.8 Å². The lowest BCUT2D eigenvalue weighted by Gasteiger charge is -2.27. The number of carbonyl (C=O) groups excluding carboxylic acids is 3. The van der Waals surface area contributed by atoms with Gasteiger partial charge in [0.15, 0.2) is 0 Å². The van der Waals surface area contributed by atoms with Gasteiger partial charge < -0.3 is 15.4 Å². The number of carbonyl (C=O) groups is 3. The van der Waals surface area contributed by atoms with Gasteiger partial charge in [-0.05, 0) is 48.8 Å². The zero-order valence-electron chi connectivity index (χ0n) is 19.4. The normalized spacial score (nSPS) is 24.4. The van der Waals surface area contributed by atoms with Crippen LogP contribution in [0.25, 0.3) is 0 Å². The molecule has 1 aliphatic heterocycles. The number of rotatable bonds is 4. The van der Waals surface area contributed by atoms with Gasteiger partial charge >= 0.3 is 5.97 Å². The highest BCUT2D eigenvalue weighted by molar-refractivity contribution is 5.86. The fourth-order valence-corrected chi connectivity index (χ4v) is 4.69. The van der Waals surface area contributed by atoms with E-state index in [-0.39, 0.29) is 43.2 Å². The molecule has 4 rings (SSSR count). The van der Waals surface area contributed by atoms with Gasteiger partial charge in [0.2, 0.25) is 11.8 Å². The number of ether oxygens (including phenoxy) is 1. The molecule has 0 saturated heterocycles. The van der Waals surface area contributed by atoms with Gasteiger partial charge in [-0.15, -0.1) is 0 Å². The highest BCUT2D eigenvalue weighted by Gasteiger charge is 2.26. The molecule has 0 bridgehead atoms. The summed E-state index contributed by atoms with van der Waals surface area (Å²) in [6.45, 7) is 0.173. The molecule has 6 nitrogen and oxygen atoms in total. The van der Waals surface area contributed by atoms with Crippen LogP contribution in [0.3, 0.4) is 0 Å². The zero-order chi connectivity index (χ0) is 23.8. The first-order valence-electron chi connectivity index (χ1n) is 12.1. The molecule has 6 heteroatoms. The van der Waals surface area contributed by atoms with Gasteiger partial charge in [-0.1, -0.05) is 66.7 Å². The third-order valence-corrected chi connectivity index (χ3v) is 6.52. The van der Waals surface area contributed by atoms with Crippen molar-refractivity contribution < 1.29 is 19.1 Å². The monoisotopic (exact) mass is 460 g/mol. The van der Waals surface area contributed by atoms with E-state index in [1.165, 1.54) is 11.1 Å². The van der Waals surface area contributed by atoms with Crippen LogP contribution in [0, 0.1) is 5.92 Å². The number of benzene rings is 2. The first kappa shape index (κ1) is 23.7. The van der Waals surface area contributed by atoms with E-state index >= 15 is 0 Å². The van der Waals surface area contributed by atoms with Gasteiger partial charge in [-0.25, -0.2) is 0 Å². The van der Waals surface area contributed by atoms with Gasteiger partial charge in [0.05, 0.1) is 18.5 Å². The van der Waals surface area contributed by atoms with E-state index in [9.17, 15) is 14.4 Å². The van der Waals surface area contributed by atoms with Crippen LogP contribution < -0.4 is 10.6 Å². The number of hydrogen-bond acceptors (Lipinski definition) is 4. The maximum absolute atomic E-state index is 13.0. The van der Waals surface area contributed by atoms with Crippen LogP contribution in [0.15, 0.2) is 66.7 Å². The molecule has 2 amide bonds. The molecule has 2 aliphatic rings. The number of hydrogen-bond donors (Lipinski definition) is 2. The Bertz CT molecular complexity index is 1030. The summed E-state index contributed by atoms with van der Waals surface area (Å²) in [5, 5.41) is 6.07. The molecule has 0 spiro atoms. The van der Waals surface area contributed by atoms with Crippen LogP contribution in [0.1, 0.15) is 67.4 Å². The van der Waals surface area contributed by atoms with Gasteiger partial charge in [-0.2, -0.15) is 0 Å². The Hall–Kier alpha value is -3.41. The minimum atomic E-state index is -0.561. The van der Waals surface area contributed by atoms with E-state index in [0.29, 0.717) is 12.8 Å². The smallest absolute Gasteiger partial charge is 0.306 e. The molecule has 34 heavy (non-hydrogen) atoms. The molecule has 2 N–H and O–H groups in total. The summed E-state index contributed by atoms with van der Waals surface area (Å²) in [7, 11) is 0. The average Bonchev–Trinajstić information content (AvgIpc) is 2.85. The zero-order valence-corrected chi connectivity index (χ0v) is 19.4. The van der Waals surface area contributed by atoms with Crippen molar-refractivity contribution in [2.24, 2.45) is 5.92 Å². The number of fused-ring (bicyclic) bond motifs is 1. The first-order valence-corrected chi connectivity index (χ1v) is 12.1. The quantitative estimate of drug-likeness (QED) is 0.526. The molecular formula is C28H32N2O4. The van der Waals surface area contributed by atoms with Gasteiger partial charge in [0.25, 0.3) is 0 Å². The standard InChI is InChI=1S/C28H32N2O4/c31-26(30-24-16-9-14-20-10-7-8-15-23(20)24)18-22-13-5-2-6-17-27(32)34-25(19-29-28(22)33)21-11-3-1-4-12-21/h1-5,7-8,10-12,15,22,24-25H,6,9,13-14,16-19H2,(H,29,33)(H,30,31)/b5-2+/t22-,24-,25-/m0/s1. The molecular weight excluding hydrogens is 428 g/mol. The largest absolute Gasteiger partial charge is 0.456 e. The molecule has 3 atom stereocenters. The Labute approximate surface area is 200 Å². The average molecular weight is 461 g/mol. The highest BCUT2D eigenvalue weighted by atomic mass is 16.5. The number of nitrogens with one attached hydrogen (secondary N) is 2. The maximum atomic E-state index is 13.0. The van der Waals surface area contributed by atoms with Crippen LogP contribution in [-0.2, 0) is 25.5 Å². The predicted octanol–water partition coefficient (Wildman–Crippen LogP) is 4.33. The molecule has 0 radical (unpaired) electrons. The molecule has 0 fully saturated rings. The summed E-state index contributed by atoms with van der Waals surface area (Å²) in [6, 6.07) is 17.6. The number of amides is 2. The summed E-state index contributed by atoms with van der Waals surface area (Å²) in [5.41, 5.74) is 3.29. The van der Waals surface area contributed by atoms with Crippen molar-refractivity contribution in [3.05, 3.63) is 83.4 Å². The summed E-state index contributed by atoms with van der Waals surface area (Å²) in [4.78, 5) is 38.2. The summed E-state index contributed by atoms with van der Waals surface area (Å²) in [5.74, 6) is -1.10. The SMILES string of the molecule is O=C(C[C@@H]1C/C=C/CCC(=O)O[C@H](c2ccccc2)CNC1=O)N[C@H]1CCCc2ccccc21. The summed E-state index contributed by atoms with van der Waals surface area (Å²) in [6.07, 6.45) is 7.57. The topological polar surface area (TPSA) is 84.5 Å². The van der Waals surface area contributed by atoms with E-state index in [4.69, 9.17) is 4.74 Å². The third-order valence-electron chi connectivity index (χ3n) is 6.52. The molecule has 1 aliphatic carbocycles. The number of allylic oxidation sites excluding steroid dienone is 2. The second kappa shape index (κ2) is 11.6. The van der Waals surface area contributed by atoms with Crippen molar-refractivity contribution in [2.45, 2.75) is 57.1 Å². The summed E-state index contributed by atoms with van der Waals surface area (Å²) < 4.78 is 5.64. The van der Waals surface area contributed by atoms with Crippen molar-refractivity contribution in [1.29, 1.82) is 0 Å². The Morgan fingerprint density at radius 3 is 2.65 bits per heavy atom. The molecule has 0 unspecified atom stereocenters. The molecule has 0 saturated carbocycles. The fourth-order valence-electron chi connectivity index (χ4n) is 4.69. The Morgan fingerprint density at radius 1 is 1.00 bits per heavy atom. The van der Waals surface area contributed by atoms with Crippen molar-refractivity contribution in [2.75, 3.05) is 6.54 Å². The first-order chi connectivity index (χ1) is 16.6. The van der Waals surface area contributed by atoms with Crippen LogP contribution in [0.2, 0.25) is 0 Å². The Kier molecular flexibility index (Phi) is 8.12. The Balaban J connectivity index is 1.42. The van der Waals surface area contributed by atoms with E-state index in [1.807, 2.05) is 54.6 Å². The van der Waals surface area contributed by atoms with Crippen LogP contribution >= 0.6 is 0 Å². The van der Waals surface area contributed by atoms with Gasteiger partial charge in [-0.3, -0.25) is 14.4 Å². The predicted molar refractivity (Wildman–Crippen MR) is 130 cm³/mol. The van der Waals surface area contributed by atoms with Gasteiger partial charge in [0.1, 0.15) is 6.10 Å². The molecule has 2 aromatic rings. The fraction of sp³-hybridized carbons (Fsp3) is 0.393. The lowest BCUT2D eigenvalue weighted by Crippen LogP contribution is -2.38. The highest BCUT2D eigenvalue weighted by Crippen LogP contribution is 2.29. The van der Waals surface area contributed by atoms with E-state index in [2.05, 4.69) is 22.8 Å². The van der Waals surface area contributed by atoms with Crippen LogP contribution in [0.4, 0.5) is 0 Å². The molecule has 2 aromatic carbocycles. The lowest BCUT2D eigenvalue weighted by atomic mass is 9.87. The minimum absolute atomic E-state index is 0.0100. The van der Waals surface area contributed by atoms with Crippen molar-refractivity contribution in [3.8, 4) is 0 Å². The second-order valence-corrected chi connectivity index (χ2v) is 8.99. The molecule has 178 valence electrons. The van der Waals surface area contributed by atoms with Crippen LogP contribution in [0.5, 0.6) is 0 Å². The minimum Gasteiger partial charge on any atom is -0.456 e. The van der Waals surface area contributed by atoms with Gasteiger partial charge in [0, 0.05) is 12.8 Å². The number of cyclic esters (lactones) is 1. The Morgan fingerprint density at radius 2 is 1.79 bits per heavy atom. The van der Waals surface area contributed by atoms with Crippen molar-refractivity contribution in [1.82, 2.24) is 10.6 Å². The molecule has 0 aromatic heterocycles. The summed E-state index contributed by atoms with van der Waals surface area (Å²) >= 11 is 0. The molecule has 1 heterocycles. The van der Waals surface area contributed by atoms with Crippen LogP contribution in [-0.4, -0.2) is 24.3 Å².